The molecule has 0 rings (SSSR count). The van der Waals surface area contributed by atoms with E-state index >= 15 is 0 Å². The summed E-state index contributed by atoms with van der Waals surface area (Å²) >= 11 is -5.32. The molecular formula is C10H17F5O2Sn. The predicted octanol–water partition coefficient (Wildman–Crippen LogP) is 3.67. The second kappa shape index (κ2) is 7.71. The molecule has 8 heteroatoms. The molecule has 1 atom stereocenters. The third-order valence-corrected chi connectivity index (χ3v) is 6.15. The zero-order valence-corrected chi connectivity index (χ0v) is 13.2. The van der Waals surface area contributed by atoms with E-state index in [2.05, 4.69) is 3.07 Å². The van der Waals surface area contributed by atoms with Gasteiger partial charge in [-0.25, -0.2) is 0 Å². The van der Waals surface area contributed by atoms with Crippen LogP contribution in [0.3, 0.4) is 0 Å². The quantitative estimate of drug-likeness (QED) is 0.345. The molecule has 0 aliphatic carbocycles. The Bertz CT molecular complexity index is 271. The van der Waals surface area contributed by atoms with Gasteiger partial charge in [-0.1, -0.05) is 0 Å². The summed E-state index contributed by atoms with van der Waals surface area (Å²) in [6, 6.07) is 0. The normalized spacial score (nSPS) is 14.6. The average Bonchev–Trinajstić information content (AvgIpc) is 2.27. The van der Waals surface area contributed by atoms with E-state index in [1.54, 1.807) is 0 Å². The number of rotatable bonds is 9. The van der Waals surface area contributed by atoms with Gasteiger partial charge in [-0.3, -0.25) is 0 Å². The van der Waals surface area contributed by atoms with Crippen LogP contribution in [0.1, 0.15) is 39.5 Å². The maximum absolute atomic E-state index is 13.1. The topological polar surface area (TPSA) is 26.3 Å². The minimum atomic E-state index is -5.32. The van der Waals surface area contributed by atoms with E-state index in [9.17, 15) is 25.0 Å². The van der Waals surface area contributed by atoms with E-state index < -0.39 is 36.2 Å². The van der Waals surface area contributed by atoms with Crippen LogP contribution in [0, 0.1) is 0 Å². The summed E-state index contributed by atoms with van der Waals surface area (Å²) < 4.78 is 74.9. The van der Waals surface area contributed by atoms with Gasteiger partial charge in [0.2, 0.25) is 0 Å². The van der Waals surface area contributed by atoms with E-state index in [4.69, 9.17) is 0 Å². The fourth-order valence-electron chi connectivity index (χ4n) is 1.17. The molecule has 0 aliphatic heterocycles. The van der Waals surface area contributed by atoms with Crippen molar-refractivity contribution >= 4 is 20.2 Å². The third-order valence-electron chi connectivity index (χ3n) is 2.41. The first-order valence-corrected chi connectivity index (χ1v) is 9.50. The minimum absolute atomic E-state index is 0.245. The molecule has 0 saturated carbocycles. The Hall–Kier alpha value is 0.209. The fourth-order valence-corrected chi connectivity index (χ4v) is 3.97. The van der Waals surface area contributed by atoms with E-state index in [-0.39, 0.29) is 6.61 Å². The molecule has 0 aromatic rings. The van der Waals surface area contributed by atoms with Crippen LogP contribution in [-0.2, 0) is 6.15 Å². The summed E-state index contributed by atoms with van der Waals surface area (Å²) in [7, 11) is 0. The molecule has 0 bridgehead atoms. The molecule has 0 N–H and O–H groups in total. The summed E-state index contributed by atoms with van der Waals surface area (Å²) in [5.41, 5.74) is 0. The summed E-state index contributed by atoms with van der Waals surface area (Å²) in [6.07, 6.45) is -0.229. The first kappa shape index (κ1) is 18.2. The van der Waals surface area contributed by atoms with Crippen molar-refractivity contribution in [3.63, 3.8) is 0 Å². The first-order chi connectivity index (χ1) is 8.17. The van der Waals surface area contributed by atoms with Crippen LogP contribution in [0.15, 0.2) is 0 Å². The molecule has 1 unspecified atom stereocenters. The molecule has 0 aliphatic rings. The Morgan fingerprint density at radius 1 is 1.17 bits per heavy atom. The van der Waals surface area contributed by atoms with Gasteiger partial charge in [0, 0.05) is 0 Å². The number of hydrogen-bond acceptors (Lipinski definition) is 2. The van der Waals surface area contributed by atoms with Gasteiger partial charge in [0.25, 0.3) is 0 Å². The van der Waals surface area contributed by atoms with Gasteiger partial charge >= 0.3 is 110 Å². The Morgan fingerprint density at radius 2 is 1.72 bits per heavy atom. The Labute approximate surface area is 111 Å². The summed E-state index contributed by atoms with van der Waals surface area (Å²) in [6.45, 7) is 2.00. The molecule has 0 aromatic carbocycles. The third kappa shape index (κ3) is 4.71. The Morgan fingerprint density at radius 3 is 2.17 bits per heavy atom. The van der Waals surface area contributed by atoms with Crippen LogP contribution >= 0.6 is 0 Å². The molecule has 0 radical (unpaired) electrons. The fraction of sp³-hybridized carbons (Fsp3) is 1.00. The maximum atomic E-state index is 13.1. The summed E-state index contributed by atoms with van der Waals surface area (Å²) in [4.78, 5) is 0. The van der Waals surface area contributed by atoms with E-state index in [1.807, 2.05) is 6.92 Å². The van der Waals surface area contributed by atoms with Crippen LogP contribution in [0.2, 0.25) is 0 Å². The number of halogens is 5. The number of alkyl halides is 5. The van der Waals surface area contributed by atoms with Gasteiger partial charge in [0.15, 0.2) is 0 Å². The Kier molecular flexibility index (Phi) is 7.80. The van der Waals surface area contributed by atoms with E-state index in [1.165, 1.54) is 0 Å². The van der Waals surface area contributed by atoms with Crippen molar-refractivity contribution in [3.8, 4) is 0 Å². The van der Waals surface area contributed by atoms with Crippen molar-refractivity contribution in [2.75, 3.05) is 6.61 Å². The molecule has 0 spiro atoms. The monoisotopic (exact) mass is 384 g/mol. The van der Waals surface area contributed by atoms with Gasteiger partial charge in [0.1, 0.15) is 0 Å². The van der Waals surface area contributed by atoms with Crippen molar-refractivity contribution in [2.45, 2.75) is 55.6 Å². The van der Waals surface area contributed by atoms with Crippen molar-refractivity contribution in [3.05, 3.63) is 0 Å². The zero-order chi connectivity index (χ0) is 14.4. The Balaban J connectivity index is 4.31. The molecule has 0 aromatic heterocycles. The first-order valence-electron chi connectivity index (χ1n) is 5.74. The van der Waals surface area contributed by atoms with E-state index in [0.29, 0.717) is 19.8 Å². The van der Waals surface area contributed by atoms with Crippen molar-refractivity contribution in [2.24, 2.45) is 0 Å². The van der Waals surface area contributed by atoms with Gasteiger partial charge < -0.3 is 0 Å². The van der Waals surface area contributed by atoms with Crippen molar-refractivity contribution < 1.29 is 28.1 Å². The zero-order valence-electron chi connectivity index (χ0n) is 10.3. The van der Waals surface area contributed by atoms with Crippen LogP contribution in [0.25, 0.3) is 0 Å². The number of hydrogen-bond donors (Lipinski definition) is 0. The molecule has 0 saturated heterocycles. The standard InChI is InChI=1S/C6H13O.C4H4F5.O.Sn/c1-2-3-4-5-6-7;1-2(5)4(8,9)3(6)7;;/h2-6H2,1H3;2H,1H3;;/q-1;;;+1. The summed E-state index contributed by atoms with van der Waals surface area (Å²) in [5, 5.41) is 0. The molecule has 18 heavy (non-hydrogen) atoms. The molecule has 108 valence electrons. The van der Waals surface area contributed by atoms with E-state index in [0.717, 1.165) is 12.8 Å². The van der Waals surface area contributed by atoms with Gasteiger partial charge in [0.05, 0.1) is 0 Å². The van der Waals surface area contributed by atoms with Gasteiger partial charge in [-0.2, -0.15) is 0 Å². The predicted molar refractivity (Wildman–Crippen MR) is 57.0 cm³/mol. The van der Waals surface area contributed by atoms with Crippen molar-refractivity contribution in [1.29, 1.82) is 0 Å². The second-order valence-corrected chi connectivity index (χ2v) is 8.27. The van der Waals surface area contributed by atoms with Crippen LogP contribution in [-0.4, -0.2) is 42.8 Å². The van der Waals surface area contributed by atoms with Crippen LogP contribution in [0.4, 0.5) is 22.0 Å². The molecular weight excluding hydrogens is 366 g/mol. The van der Waals surface area contributed by atoms with Gasteiger partial charge in [-0.05, 0) is 0 Å². The molecule has 0 heterocycles. The number of unbranched alkanes of at least 4 members (excludes halogenated alkanes) is 3. The molecule has 0 fully saturated rings. The molecule has 2 nitrogen and oxygen atoms in total. The molecule has 0 amide bonds. The second-order valence-electron chi connectivity index (χ2n) is 4.01. The van der Waals surface area contributed by atoms with Crippen LogP contribution < -0.4 is 0 Å². The SMILES string of the molecule is CCCCCC[O][Sn](=[O])[C](F)(F)C(F)(F)C(C)F. The average molecular weight is 383 g/mol. The van der Waals surface area contributed by atoms with Crippen molar-refractivity contribution in [1.82, 2.24) is 0 Å². The van der Waals surface area contributed by atoms with Gasteiger partial charge in [-0.15, -0.1) is 0 Å². The van der Waals surface area contributed by atoms with Crippen LogP contribution in [0.5, 0.6) is 0 Å². The summed E-state index contributed by atoms with van der Waals surface area (Å²) in [5.74, 6) is -4.94.